The van der Waals surface area contributed by atoms with E-state index in [0.29, 0.717) is 5.92 Å². The normalized spacial score (nSPS) is 20.2. The third-order valence-corrected chi connectivity index (χ3v) is 10.7. The first-order valence-electron chi connectivity index (χ1n) is 16.6. The standard InChI is InChI=1S/C41H48BNO3/c1-27-20-21-28(27)24-29-22-23-30(38(2,3)4)26-34(29)41(9,37-19-13-17-35(43-37)33-16-10-11-18-36(33)44)31-14-12-15-32(25-31)42-45-39(5,6)40(7,8)46-42/h10-19,21-23,25-27,44H,20,24H2,1-9H3/t27-,41?/m0/s1. The van der Waals surface area contributed by atoms with Gasteiger partial charge in [0.2, 0.25) is 0 Å². The van der Waals surface area contributed by atoms with Crippen LogP contribution in [0.1, 0.15) is 96.7 Å². The lowest BCUT2D eigenvalue weighted by Crippen LogP contribution is -2.41. The minimum atomic E-state index is -0.635. The number of hydrogen-bond acceptors (Lipinski definition) is 4. The van der Waals surface area contributed by atoms with Crippen molar-refractivity contribution in [3.63, 3.8) is 0 Å². The van der Waals surface area contributed by atoms with Gasteiger partial charge in [-0.2, -0.15) is 0 Å². The highest BCUT2D eigenvalue weighted by atomic mass is 16.7. The molecular formula is C41H48BNO3. The minimum Gasteiger partial charge on any atom is -0.507 e. The van der Waals surface area contributed by atoms with E-state index in [2.05, 4.69) is 123 Å². The molecule has 2 heterocycles. The molecule has 1 aliphatic carbocycles. The monoisotopic (exact) mass is 613 g/mol. The fraction of sp³-hybridized carbons (Fsp3) is 0.390. The number of rotatable bonds is 7. The highest BCUT2D eigenvalue weighted by Gasteiger charge is 2.52. The van der Waals surface area contributed by atoms with Crippen LogP contribution in [0.3, 0.4) is 0 Å². The van der Waals surface area contributed by atoms with Crippen molar-refractivity contribution >= 4 is 12.6 Å². The van der Waals surface area contributed by atoms with Gasteiger partial charge in [-0.15, -0.1) is 0 Å². The van der Waals surface area contributed by atoms with Gasteiger partial charge in [0.05, 0.1) is 28.0 Å². The summed E-state index contributed by atoms with van der Waals surface area (Å²) in [6.45, 7) is 19.8. The molecule has 1 N–H and O–H groups in total. The molecule has 1 aromatic heterocycles. The number of benzene rings is 3. The molecule has 4 aromatic rings. The third kappa shape index (κ3) is 5.73. The number of allylic oxidation sites excluding steroid dienone is 2. The van der Waals surface area contributed by atoms with Crippen molar-refractivity contribution in [1.82, 2.24) is 4.98 Å². The Morgan fingerprint density at radius 3 is 2.15 bits per heavy atom. The molecule has 1 fully saturated rings. The average molecular weight is 614 g/mol. The van der Waals surface area contributed by atoms with Crippen molar-refractivity contribution in [2.24, 2.45) is 5.92 Å². The lowest BCUT2D eigenvalue weighted by Gasteiger charge is -2.36. The van der Waals surface area contributed by atoms with Gasteiger partial charge in [-0.25, -0.2) is 0 Å². The first-order valence-corrected chi connectivity index (χ1v) is 16.6. The zero-order valence-electron chi connectivity index (χ0n) is 28.9. The van der Waals surface area contributed by atoms with Crippen LogP contribution in [0.25, 0.3) is 11.3 Å². The predicted octanol–water partition coefficient (Wildman–Crippen LogP) is 8.91. The predicted molar refractivity (Wildman–Crippen MR) is 190 cm³/mol. The number of phenolic OH excluding ortho intramolecular Hbond substituents is 1. The molecule has 0 spiro atoms. The molecule has 2 aliphatic rings. The van der Waals surface area contributed by atoms with Gasteiger partial charge in [-0.1, -0.05) is 100 Å². The Hall–Kier alpha value is -3.67. The second kappa shape index (κ2) is 11.5. The van der Waals surface area contributed by atoms with Gasteiger partial charge < -0.3 is 14.4 Å². The number of hydrogen-bond donors (Lipinski definition) is 1. The summed E-state index contributed by atoms with van der Waals surface area (Å²) in [7, 11) is -0.476. The van der Waals surface area contributed by atoms with E-state index in [0.717, 1.165) is 40.8 Å². The maximum Gasteiger partial charge on any atom is 0.494 e. The van der Waals surface area contributed by atoms with E-state index in [9.17, 15) is 5.11 Å². The van der Waals surface area contributed by atoms with Gasteiger partial charge >= 0.3 is 7.12 Å². The zero-order chi connectivity index (χ0) is 33.1. The van der Waals surface area contributed by atoms with Gasteiger partial charge in [-0.3, -0.25) is 4.98 Å². The highest BCUT2D eigenvalue weighted by molar-refractivity contribution is 6.62. The first-order chi connectivity index (χ1) is 21.6. The smallest absolute Gasteiger partial charge is 0.494 e. The van der Waals surface area contributed by atoms with Crippen LogP contribution < -0.4 is 5.46 Å². The fourth-order valence-electron chi connectivity index (χ4n) is 6.62. The van der Waals surface area contributed by atoms with Crippen LogP contribution in [0, 0.1) is 5.92 Å². The number of aromatic hydroxyl groups is 1. The summed E-state index contributed by atoms with van der Waals surface area (Å²) in [6, 6.07) is 29.3. The van der Waals surface area contributed by atoms with E-state index in [1.807, 2.05) is 24.3 Å². The van der Waals surface area contributed by atoms with Crippen LogP contribution in [0.5, 0.6) is 5.75 Å². The topological polar surface area (TPSA) is 51.6 Å². The lowest BCUT2D eigenvalue weighted by atomic mass is 9.67. The summed E-state index contributed by atoms with van der Waals surface area (Å²) in [5, 5.41) is 10.8. The summed E-state index contributed by atoms with van der Waals surface area (Å²) in [5.74, 6) is 0.813. The SMILES string of the molecule is C[C@H]1CC=C1Cc1ccc(C(C)(C)C)cc1C(C)(c1cccc(B2OC(C)(C)C(C)(C)O2)c1)c1cccc(-c2ccccc2O)n1. The Labute approximate surface area is 276 Å². The maximum atomic E-state index is 10.8. The molecule has 3 aromatic carbocycles. The molecule has 0 saturated carbocycles. The molecule has 1 saturated heterocycles. The van der Waals surface area contributed by atoms with Crippen molar-refractivity contribution < 1.29 is 14.4 Å². The van der Waals surface area contributed by atoms with E-state index in [1.54, 1.807) is 6.07 Å². The van der Waals surface area contributed by atoms with Crippen LogP contribution in [-0.2, 0) is 26.6 Å². The van der Waals surface area contributed by atoms with Crippen molar-refractivity contribution in [2.45, 2.75) is 97.2 Å². The molecule has 238 valence electrons. The number of nitrogens with zero attached hydrogens (tertiary/aromatic N) is 1. The van der Waals surface area contributed by atoms with E-state index in [4.69, 9.17) is 14.3 Å². The van der Waals surface area contributed by atoms with Crippen molar-refractivity contribution in [2.75, 3.05) is 0 Å². The quantitative estimate of drug-likeness (QED) is 0.167. The molecule has 6 rings (SSSR count). The largest absolute Gasteiger partial charge is 0.507 e. The molecule has 0 amide bonds. The van der Waals surface area contributed by atoms with Crippen LogP contribution in [0.2, 0.25) is 0 Å². The summed E-state index contributed by atoms with van der Waals surface area (Å²) in [5.41, 5.74) is 8.27. The van der Waals surface area contributed by atoms with Gasteiger partial charge in [0.15, 0.2) is 0 Å². The molecule has 5 heteroatoms. The van der Waals surface area contributed by atoms with Gasteiger partial charge in [0.1, 0.15) is 5.75 Å². The molecule has 0 bridgehead atoms. The Morgan fingerprint density at radius 1 is 0.826 bits per heavy atom. The average Bonchev–Trinajstić information content (AvgIpc) is 3.24. The molecule has 1 aliphatic heterocycles. The second-order valence-electron chi connectivity index (χ2n) is 15.5. The van der Waals surface area contributed by atoms with Crippen molar-refractivity contribution in [1.29, 1.82) is 0 Å². The van der Waals surface area contributed by atoms with Crippen LogP contribution >= 0.6 is 0 Å². The summed E-state index contributed by atoms with van der Waals surface area (Å²) < 4.78 is 13.0. The Morgan fingerprint density at radius 2 is 1.52 bits per heavy atom. The van der Waals surface area contributed by atoms with E-state index >= 15 is 0 Å². The van der Waals surface area contributed by atoms with Gasteiger partial charge in [-0.05, 0) is 111 Å². The maximum absolute atomic E-state index is 10.8. The highest BCUT2D eigenvalue weighted by Crippen LogP contribution is 2.44. The first kappa shape index (κ1) is 32.3. The molecular weight excluding hydrogens is 565 g/mol. The summed E-state index contributed by atoms with van der Waals surface area (Å²) >= 11 is 0. The Kier molecular flexibility index (Phi) is 8.10. The van der Waals surface area contributed by atoms with Crippen LogP contribution in [0.4, 0.5) is 0 Å². The van der Waals surface area contributed by atoms with Gasteiger partial charge in [0, 0.05) is 5.56 Å². The molecule has 1 unspecified atom stereocenters. The lowest BCUT2D eigenvalue weighted by molar-refractivity contribution is 0.00578. The molecule has 2 atom stereocenters. The molecule has 0 radical (unpaired) electrons. The number of aromatic nitrogens is 1. The van der Waals surface area contributed by atoms with Gasteiger partial charge in [0.25, 0.3) is 0 Å². The zero-order valence-corrected chi connectivity index (χ0v) is 28.9. The molecule has 46 heavy (non-hydrogen) atoms. The van der Waals surface area contributed by atoms with E-state index in [1.165, 1.54) is 22.3 Å². The van der Waals surface area contributed by atoms with Crippen LogP contribution in [-0.4, -0.2) is 28.4 Å². The second-order valence-corrected chi connectivity index (χ2v) is 15.5. The Bertz CT molecular complexity index is 1780. The molecule has 4 nitrogen and oxygen atoms in total. The summed E-state index contributed by atoms with van der Waals surface area (Å²) in [4.78, 5) is 5.33. The third-order valence-electron chi connectivity index (χ3n) is 10.7. The Balaban J connectivity index is 1.59. The van der Waals surface area contributed by atoms with E-state index < -0.39 is 23.7 Å². The van der Waals surface area contributed by atoms with Crippen LogP contribution in [0.15, 0.2) is 96.6 Å². The van der Waals surface area contributed by atoms with Crippen molar-refractivity contribution in [3.05, 3.63) is 125 Å². The summed E-state index contributed by atoms with van der Waals surface area (Å²) in [6.07, 6.45) is 4.44. The number of phenols is 1. The minimum absolute atomic E-state index is 0.0349. The van der Waals surface area contributed by atoms with E-state index in [-0.39, 0.29) is 11.2 Å². The van der Waals surface area contributed by atoms with Crippen molar-refractivity contribution in [3.8, 4) is 17.0 Å². The fourth-order valence-corrected chi connectivity index (χ4v) is 6.62. The number of para-hydroxylation sites is 1. The number of pyridine rings is 1.